The number of anilines is 1. The highest BCUT2D eigenvalue weighted by atomic mass is 79.9. The summed E-state index contributed by atoms with van der Waals surface area (Å²) in [6.45, 7) is -0.296. The van der Waals surface area contributed by atoms with Crippen molar-refractivity contribution in [1.29, 1.82) is 5.26 Å². The highest BCUT2D eigenvalue weighted by Gasteiger charge is 2.36. The number of ether oxygens (including phenoxy) is 1. The molecule has 1 saturated heterocycles. The minimum Gasteiger partial charge on any atom is -0.488 e. The van der Waals surface area contributed by atoms with Gasteiger partial charge in [0, 0.05) is 15.6 Å². The Morgan fingerprint density at radius 2 is 1.89 bits per heavy atom. The van der Waals surface area contributed by atoms with Gasteiger partial charge in [0.1, 0.15) is 18.9 Å². The Kier molecular flexibility index (Phi) is 8.10. The lowest BCUT2D eigenvalue weighted by molar-refractivity contribution is -0.127. The normalized spacial score (nSPS) is 14.1. The zero-order chi connectivity index (χ0) is 25.7. The number of hydrogen-bond donors (Lipinski definition) is 1. The van der Waals surface area contributed by atoms with Crippen LogP contribution in [0.4, 0.5) is 10.5 Å². The molecule has 0 atom stereocenters. The largest absolute Gasteiger partial charge is 0.488 e. The number of rotatable bonds is 7. The Labute approximate surface area is 224 Å². The maximum Gasteiger partial charge on any atom is 0.294 e. The summed E-state index contributed by atoms with van der Waals surface area (Å²) in [7, 11) is 0. The summed E-state index contributed by atoms with van der Waals surface area (Å²) in [5.74, 6) is -0.663. The molecule has 0 radical (unpaired) electrons. The second kappa shape index (κ2) is 11.4. The molecule has 0 saturated carbocycles. The fourth-order valence-corrected chi connectivity index (χ4v) is 4.74. The van der Waals surface area contributed by atoms with Crippen molar-refractivity contribution in [3.05, 3.63) is 97.8 Å². The molecule has 1 aliphatic rings. The number of carbonyl (C=O) groups excluding carboxylic acids is 3. The third-order valence-corrected chi connectivity index (χ3v) is 6.83. The number of nitriles is 1. The molecule has 10 heteroatoms. The molecule has 3 aromatic rings. The van der Waals surface area contributed by atoms with Crippen LogP contribution in [0.15, 0.2) is 76.1 Å². The monoisotopic (exact) mass is 581 g/mol. The molecule has 0 aliphatic carbocycles. The number of hydrogen-bond acceptors (Lipinski definition) is 6. The number of thioether (sulfide) groups is 1. The number of amides is 3. The van der Waals surface area contributed by atoms with E-state index in [0.29, 0.717) is 27.6 Å². The fraction of sp³-hybridized carbons (Fsp3) is 0.0769. The third kappa shape index (κ3) is 5.97. The van der Waals surface area contributed by atoms with E-state index in [0.717, 1.165) is 26.7 Å². The van der Waals surface area contributed by atoms with Gasteiger partial charge in [-0.1, -0.05) is 57.9 Å². The highest BCUT2D eigenvalue weighted by Crippen LogP contribution is 2.35. The lowest BCUT2D eigenvalue weighted by Crippen LogP contribution is -2.36. The standard InChI is InChI=1S/C26H17BrClN3O4S/c27-19-9-10-22(35-15-17-6-2-1-5-16(17)13-29)18(11-19)12-23-25(33)31(26(34)36-23)14-24(32)30-21-8-4-3-7-20(21)28/h1-12H,14-15H2,(H,30,32)/b23-12+. The first-order chi connectivity index (χ1) is 17.4. The van der Waals surface area contributed by atoms with Gasteiger partial charge in [0.15, 0.2) is 0 Å². The van der Waals surface area contributed by atoms with Gasteiger partial charge in [-0.15, -0.1) is 0 Å². The van der Waals surface area contributed by atoms with Crippen LogP contribution in [0, 0.1) is 11.3 Å². The number of nitrogens with one attached hydrogen (secondary N) is 1. The van der Waals surface area contributed by atoms with Crippen molar-refractivity contribution in [2.45, 2.75) is 6.61 Å². The minimum absolute atomic E-state index is 0.149. The van der Waals surface area contributed by atoms with Crippen molar-refractivity contribution >= 4 is 68.1 Å². The maximum absolute atomic E-state index is 13.0. The van der Waals surface area contributed by atoms with E-state index in [-0.39, 0.29) is 11.5 Å². The van der Waals surface area contributed by atoms with E-state index in [4.69, 9.17) is 16.3 Å². The van der Waals surface area contributed by atoms with Crippen LogP contribution in [0.5, 0.6) is 5.75 Å². The van der Waals surface area contributed by atoms with Crippen LogP contribution in [0.1, 0.15) is 16.7 Å². The Balaban J connectivity index is 1.50. The smallest absolute Gasteiger partial charge is 0.294 e. The molecule has 0 aromatic heterocycles. The van der Waals surface area contributed by atoms with E-state index in [9.17, 15) is 19.6 Å². The lowest BCUT2D eigenvalue weighted by atomic mass is 10.1. The van der Waals surface area contributed by atoms with Gasteiger partial charge in [-0.25, -0.2) is 0 Å². The first-order valence-corrected chi connectivity index (χ1v) is 12.5. The molecular weight excluding hydrogens is 566 g/mol. The van der Waals surface area contributed by atoms with Gasteiger partial charge in [0.2, 0.25) is 5.91 Å². The maximum atomic E-state index is 13.0. The predicted octanol–water partition coefficient (Wildman–Crippen LogP) is 6.23. The van der Waals surface area contributed by atoms with Gasteiger partial charge in [0.25, 0.3) is 11.1 Å². The average molecular weight is 583 g/mol. The van der Waals surface area contributed by atoms with Gasteiger partial charge in [-0.2, -0.15) is 5.26 Å². The van der Waals surface area contributed by atoms with Crippen molar-refractivity contribution < 1.29 is 19.1 Å². The summed E-state index contributed by atoms with van der Waals surface area (Å²) in [5.41, 5.74) is 2.18. The second-order valence-electron chi connectivity index (χ2n) is 7.54. The molecule has 180 valence electrons. The molecule has 3 amide bonds. The SMILES string of the molecule is N#Cc1ccccc1COc1ccc(Br)cc1/C=C1/SC(=O)N(CC(=O)Nc2ccccc2Cl)C1=O. The molecule has 36 heavy (non-hydrogen) atoms. The first-order valence-electron chi connectivity index (χ1n) is 10.6. The van der Waals surface area contributed by atoms with Gasteiger partial charge in [-0.05, 0) is 54.2 Å². The summed E-state index contributed by atoms with van der Waals surface area (Å²) in [6.07, 6.45) is 1.55. The molecule has 0 bridgehead atoms. The Morgan fingerprint density at radius 1 is 1.14 bits per heavy atom. The van der Waals surface area contributed by atoms with E-state index in [2.05, 4.69) is 27.3 Å². The van der Waals surface area contributed by atoms with Crippen molar-refractivity contribution in [2.24, 2.45) is 0 Å². The van der Waals surface area contributed by atoms with Gasteiger partial charge >= 0.3 is 0 Å². The summed E-state index contributed by atoms with van der Waals surface area (Å²) in [6, 6.07) is 21.2. The molecule has 1 heterocycles. The Hall–Kier alpha value is -3.58. The van der Waals surface area contributed by atoms with Crippen LogP contribution in [-0.4, -0.2) is 28.5 Å². The zero-order valence-electron chi connectivity index (χ0n) is 18.5. The van der Waals surface area contributed by atoms with Crippen LogP contribution >= 0.6 is 39.3 Å². The van der Waals surface area contributed by atoms with Crippen LogP contribution in [-0.2, 0) is 16.2 Å². The number of benzene rings is 3. The molecule has 0 spiro atoms. The van der Waals surface area contributed by atoms with Crippen molar-refractivity contribution in [3.8, 4) is 11.8 Å². The van der Waals surface area contributed by atoms with E-state index < -0.39 is 23.6 Å². The average Bonchev–Trinajstić information content (AvgIpc) is 3.12. The summed E-state index contributed by atoms with van der Waals surface area (Å²) >= 11 is 10.2. The Bertz CT molecular complexity index is 1440. The molecule has 0 unspecified atom stereocenters. The van der Waals surface area contributed by atoms with E-state index in [1.165, 1.54) is 0 Å². The van der Waals surface area contributed by atoms with Crippen LogP contribution in [0.25, 0.3) is 6.08 Å². The summed E-state index contributed by atoms with van der Waals surface area (Å²) in [4.78, 5) is 39.0. The second-order valence-corrected chi connectivity index (χ2v) is 9.85. The van der Waals surface area contributed by atoms with Crippen molar-refractivity contribution in [1.82, 2.24) is 4.90 Å². The molecular formula is C26H17BrClN3O4S. The number of imide groups is 1. The minimum atomic E-state index is -0.583. The molecule has 4 rings (SSSR count). The lowest BCUT2D eigenvalue weighted by Gasteiger charge is -2.13. The predicted molar refractivity (Wildman–Crippen MR) is 142 cm³/mol. The summed E-state index contributed by atoms with van der Waals surface area (Å²) in [5, 5.41) is 11.7. The molecule has 7 nitrogen and oxygen atoms in total. The van der Waals surface area contributed by atoms with Gasteiger partial charge in [-0.3, -0.25) is 19.3 Å². The number of carbonyl (C=O) groups is 3. The fourth-order valence-electron chi connectivity index (χ4n) is 3.35. The highest BCUT2D eigenvalue weighted by molar-refractivity contribution is 9.10. The number of halogens is 2. The summed E-state index contributed by atoms with van der Waals surface area (Å²) < 4.78 is 6.70. The van der Waals surface area contributed by atoms with Crippen LogP contribution in [0.2, 0.25) is 5.02 Å². The zero-order valence-corrected chi connectivity index (χ0v) is 21.7. The number of para-hydroxylation sites is 1. The van der Waals surface area contributed by atoms with Crippen molar-refractivity contribution in [2.75, 3.05) is 11.9 Å². The van der Waals surface area contributed by atoms with Gasteiger partial charge in [0.05, 0.1) is 27.2 Å². The van der Waals surface area contributed by atoms with E-state index in [1.54, 1.807) is 66.7 Å². The third-order valence-electron chi connectivity index (χ3n) is 5.10. The van der Waals surface area contributed by atoms with Gasteiger partial charge < -0.3 is 10.1 Å². The van der Waals surface area contributed by atoms with Crippen LogP contribution < -0.4 is 10.1 Å². The molecule has 3 aromatic carbocycles. The molecule has 1 N–H and O–H groups in total. The molecule has 1 fully saturated rings. The first kappa shape index (κ1) is 25.5. The van der Waals surface area contributed by atoms with Crippen molar-refractivity contribution in [3.63, 3.8) is 0 Å². The Morgan fingerprint density at radius 3 is 2.67 bits per heavy atom. The number of nitrogens with zero attached hydrogens (tertiary/aromatic N) is 2. The quantitative estimate of drug-likeness (QED) is 0.332. The molecule has 1 aliphatic heterocycles. The van der Waals surface area contributed by atoms with E-state index in [1.807, 2.05) is 6.07 Å². The van der Waals surface area contributed by atoms with E-state index >= 15 is 0 Å². The van der Waals surface area contributed by atoms with Crippen LogP contribution in [0.3, 0.4) is 0 Å². The topological polar surface area (TPSA) is 99.5 Å².